The van der Waals surface area contributed by atoms with Crippen LogP contribution >= 0.6 is 0 Å². The van der Waals surface area contributed by atoms with E-state index in [1.54, 1.807) is 0 Å². The fourth-order valence-corrected chi connectivity index (χ4v) is 2.05. The molecule has 1 aromatic carbocycles. The number of hydrogen-bond acceptors (Lipinski definition) is 2. The summed E-state index contributed by atoms with van der Waals surface area (Å²) < 4.78 is 0. The van der Waals surface area contributed by atoms with E-state index in [1.807, 2.05) is 30.3 Å². The summed E-state index contributed by atoms with van der Waals surface area (Å²) in [7, 11) is 0. The third-order valence-corrected chi connectivity index (χ3v) is 2.93. The summed E-state index contributed by atoms with van der Waals surface area (Å²) in [6.45, 7) is 0. The second kappa shape index (κ2) is 4.39. The molecule has 1 aliphatic rings. The highest BCUT2D eigenvalue weighted by molar-refractivity contribution is 5.41. The summed E-state index contributed by atoms with van der Waals surface area (Å²) in [6.07, 6.45) is 3.37. The topological polar surface area (TPSA) is 25.8 Å². The number of hydrogen-bond donors (Lipinski definition) is 0. The van der Waals surface area contributed by atoms with Crippen molar-refractivity contribution < 1.29 is 0 Å². The summed E-state index contributed by atoms with van der Waals surface area (Å²) in [4.78, 5) is 0. The van der Waals surface area contributed by atoms with Gasteiger partial charge < -0.3 is 0 Å². The second-order valence-electron chi connectivity index (χ2n) is 4.17. The molecule has 0 spiro atoms. The summed E-state index contributed by atoms with van der Waals surface area (Å²) in [5.41, 5.74) is 4.25. The Bertz CT molecular complexity index is 591. The Balaban J connectivity index is 1.89. The van der Waals surface area contributed by atoms with E-state index in [4.69, 9.17) is 0 Å². The van der Waals surface area contributed by atoms with Crippen LogP contribution in [-0.2, 0) is 12.8 Å². The minimum atomic E-state index is 0.773. The molecule has 3 rings (SSSR count). The quantitative estimate of drug-likeness (QED) is 0.637. The first-order valence-electron chi connectivity index (χ1n) is 5.84. The molecule has 0 fully saturated rings. The molecule has 0 N–H and O–H groups in total. The summed E-state index contributed by atoms with van der Waals surface area (Å²) in [6, 6.07) is 12.0. The van der Waals surface area contributed by atoms with Gasteiger partial charge in [-0.15, -0.1) is 5.10 Å². The standard InChI is InChI=1S/C15H12N2/c1-2-5-12(6-3-1)9-10-14-11-13-7-4-8-15(13)17-16-14/h1-3,5-6,11H,4,7-8H2. The molecule has 0 saturated carbocycles. The normalized spacial score (nSPS) is 12.7. The zero-order valence-electron chi connectivity index (χ0n) is 9.48. The molecule has 0 aliphatic heterocycles. The molecule has 17 heavy (non-hydrogen) atoms. The van der Waals surface area contributed by atoms with Crippen molar-refractivity contribution in [1.29, 1.82) is 0 Å². The van der Waals surface area contributed by atoms with Crippen LogP contribution in [0.3, 0.4) is 0 Å². The molecular weight excluding hydrogens is 208 g/mol. The van der Waals surface area contributed by atoms with Crippen molar-refractivity contribution in [3.05, 3.63) is 58.9 Å². The lowest BCUT2D eigenvalue weighted by atomic mass is 10.2. The van der Waals surface area contributed by atoms with Gasteiger partial charge in [-0.1, -0.05) is 24.1 Å². The van der Waals surface area contributed by atoms with Crippen molar-refractivity contribution in [3.8, 4) is 11.8 Å². The van der Waals surface area contributed by atoms with E-state index in [2.05, 4.69) is 28.1 Å². The van der Waals surface area contributed by atoms with Gasteiger partial charge in [-0.25, -0.2) is 0 Å². The third-order valence-electron chi connectivity index (χ3n) is 2.93. The van der Waals surface area contributed by atoms with Crippen molar-refractivity contribution in [2.75, 3.05) is 0 Å². The first-order chi connectivity index (χ1) is 8.42. The molecule has 1 aliphatic carbocycles. The van der Waals surface area contributed by atoms with Gasteiger partial charge in [0.05, 0.1) is 5.69 Å². The Morgan fingerprint density at radius 1 is 0.941 bits per heavy atom. The minimum Gasteiger partial charge on any atom is -0.154 e. The Kier molecular flexibility index (Phi) is 2.59. The average Bonchev–Trinajstić information content (AvgIpc) is 2.85. The van der Waals surface area contributed by atoms with Crippen molar-refractivity contribution in [2.24, 2.45) is 0 Å². The fraction of sp³-hybridized carbons (Fsp3) is 0.200. The van der Waals surface area contributed by atoms with E-state index < -0.39 is 0 Å². The second-order valence-corrected chi connectivity index (χ2v) is 4.17. The molecule has 82 valence electrons. The Morgan fingerprint density at radius 3 is 2.71 bits per heavy atom. The van der Waals surface area contributed by atoms with E-state index in [1.165, 1.54) is 12.0 Å². The van der Waals surface area contributed by atoms with Gasteiger partial charge in [0.1, 0.15) is 5.69 Å². The SMILES string of the molecule is C(#Cc1cc2c(nn1)CCC2)c1ccccc1. The van der Waals surface area contributed by atoms with E-state index in [-0.39, 0.29) is 0 Å². The molecule has 0 atom stereocenters. The van der Waals surface area contributed by atoms with Gasteiger partial charge in [-0.3, -0.25) is 0 Å². The summed E-state index contributed by atoms with van der Waals surface area (Å²) >= 11 is 0. The zero-order valence-corrected chi connectivity index (χ0v) is 9.48. The molecule has 0 amide bonds. The van der Waals surface area contributed by atoms with Crippen LogP contribution in [0.4, 0.5) is 0 Å². The van der Waals surface area contributed by atoms with E-state index >= 15 is 0 Å². The predicted molar refractivity (Wildman–Crippen MR) is 66.5 cm³/mol. The average molecular weight is 220 g/mol. The summed E-state index contributed by atoms with van der Waals surface area (Å²) in [5, 5.41) is 8.36. The monoisotopic (exact) mass is 220 g/mol. The summed E-state index contributed by atoms with van der Waals surface area (Å²) in [5.74, 6) is 6.17. The molecule has 0 unspecified atom stereocenters. The van der Waals surface area contributed by atoms with Crippen molar-refractivity contribution in [2.45, 2.75) is 19.3 Å². The lowest BCUT2D eigenvalue weighted by Gasteiger charge is -1.95. The molecular formula is C15H12N2. The molecule has 0 saturated heterocycles. The molecule has 1 aromatic heterocycles. The fourth-order valence-electron chi connectivity index (χ4n) is 2.05. The maximum absolute atomic E-state index is 4.22. The van der Waals surface area contributed by atoms with Crippen molar-refractivity contribution >= 4 is 0 Å². The van der Waals surface area contributed by atoms with Crippen LogP contribution in [0.5, 0.6) is 0 Å². The van der Waals surface area contributed by atoms with Gasteiger partial charge in [0.2, 0.25) is 0 Å². The Hall–Kier alpha value is -2.14. The van der Waals surface area contributed by atoms with Crippen LogP contribution in [0.25, 0.3) is 0 Å². The number of aryl methyl sites for hydroxylation is 2. The third kappa shape index (κ3) is 2.19. The largest absolute Gasteiger partial charge is 0.154 e. The maximum Gasteiger partial charge on any atom is 0.136 e. The highest BCUT2D eigenvalue weighted by atomic mass is 15.1. The smallest absolute Gasteiger partial charge is 0.136 e. The van der Waals surface area contributed by atoms with Gasteiger partial charge >= 0.3 is 0 Å². The van der Waals surface area contributed by atoms with Crippen molar-refractivity contribution in [3.63, 3.8) is 0 Å². The van der Waals surface area contributed by atoms with Gasteiger partial charge in [0.25, 0.3) is 0 Å². The predicted octanol–water partition coefficient (Wildman–Crippen LogP) is 2.37. The van der Waals surface area contributed by atoms with E-state index in [9.17, 15) is 0 Å². The lowest BCUT2D eigenvalue weighted by Crippen LogP contribution is -1.94. The minimum absolute atomic E-state index is 0.773. The molecule has 2 heteroatoms. The first-order valence-corrected chi connectivity index (χ1v) is 5.84. The molecule has 0 bridgehead atoms. The highest BCUT2D eigenvalue weighted by Gasteiger charge is 2.12. The van der Waals surface area contributed by atoms with Crippen LogP contribution in [0.15, 0.2) is 36.4 Å². The molecule has 2 aromatic rings. The van der Waals surface area contributed by atoms with E-state index in [0.29, 0.717) is 0 Å². The van der Waals surface area contributed by atoms with Crippen LogP contribution in [0, 0.1) is 11.8 Å². The first kappa shape index (κ1) is 10.0. The van der Waals surface area contributed by atoms with Gasteiger partial charge in [-0.05, 0) is 48.9 Å². The number of nitrogens with zero attached hydrogens (tertiary/aromatic N) is 2. The van der Waals surface area contributed by atoms with Crippen LogP contribution in [0.2, 0.25) is 0 Å². The number of benzene rings is 1. The maximum atomic E-state index is 4.22. The lowest BCUT2D eigenvalue weighted by molar-refractivity contribution is 0.876. The number of aromatic nitrogens is 2. The van der Waals surface area contributed by atoms with Gasteiger partial charge in [0.15, 0.2) is 0 Å². The van der Waals surface area contributed by atoms with Crippen LogP contribution < -0.4 is 0 Å². The van der Waals surface area contributed by atoms with E-state index in [0.717, 1.165) is 29.8 Å². The molecule has 1 heterocycles. The Labute approximate surface area is 101 Å². The Morgan fingerprint density at radius 2 is 1.82 bits per heavy atom. The van der Waals surface area contributed by atoms with Crippen LogP contribution in [0.1, 0.15) is 28.9 Å². The van der Waals surface area contributed by atoms with Gasteiger partial charge in [0, 0.05) is 5.56 Å². The van der Waals surface area contributed by atoms with Crippen molar-refractivity contribution in [1.82, 2.24) is 10.2 Å². The highest BCUT2D eigenvalue weighted by Crippen LogP contribution is 2.18. The zero-order chi connectivity index (χ0) is 11.5. The number of rotatable bonds is 0. The molecule has 0 radical (unpaired) electrons. The van der Waals surface area contributed by atoms with Gasteiger partial charge in [-0.2, -0.15) is 5.10 Å². The molecule has 2 nitrogen and oxygen atoms in total. The number of fused-ring (bicyclic) bond motifs is 1. The van der Waals surface area contributed by atoms with Crippen LogP contribution in [-0.4, -0.2) is 10.2 Å².